The molecule has 1 heterocycles. The smallest absolute Gasteiger partial charge is 0.407 e. The predicted molar refractivity (Wildman–Crippen MR) is 72.2 cm³/mol. The molecule has 5 nitrogen and oxygen atoms in total. The first-order valence-electron chi connectivity index (χ1n) is 6.65. The summed E-state index contributed by atoms with van der Waals surface area (Å²) < 4.78 is 10.6. The summed E-state index contributed by atoms with van der Waals surface area (Å²) in [5, 5.41) is 5.95. The van der Waals surface area contributed by atoms with E-state index >= 15 is 0 Å². The molecule has 0 spiro atoms. The second kappa shape index (κ2) is 6.99. The second-order valence-corrected chi connectivity index (χ2v) is 4.54. The van der Waals surface area contributed by atoms with Crippen LogP contribution in [-0.2, 0) is 11.3 Å². The number of cyclic esters (lactones) is 1. The minimum absolute atomic E-state index is 0.200. The molecule has 0 aromatic heterocycles. The van der Waals surface area contributed by atoms with E-state index in [1.807, 2.05) is 18.2 Å². The number of benzene rings is 1. The molecule has 1 aromatic carbocycles. The van der Waals surface area contributed by atoms with Crippen molar-refractivity contribution in [3.63, 3.8) is 0 Å². The summed E-state index contributed by atoms with van der Waals surface area (Å²) in [5.41, 5.74) is 1.19. The van der Waals surface area contributed by atoms with Crippen molar-refractivity contribution in [3.8, 4) is 5.75 Å². The maximum atomic E-state index is 10.9. The van der Waals surface area contributed by atoms with Gasteiger partial charge in [-0.3, -0.25) is 0 Å². The molecule has 1 unspecified atom stereocenters. The van der Waals surface area contributed by atoms with Crippen LogP contribution in [0.2, 0.25) is 0 Å². The van der Waals surface area contributed by atoms with Crippen LogP contribution in [0.4, 0.5) is 4.79 Å². The van der Waals surface area contributed by atoms with E-state index in [0.29, 0.717) is 13.2 Å². The van der Waals surface area contributed by atoms with Crippen LogP contribution in [0.15, 0.2) is 24.3 Å². The largest absolute Gasteiger partial charge is 0.490 e. The van der Waals surface area contributed by atoms with E-state index in [-0.39, 0.29) is 12.2 Å². The number of hydrogen-bond acceptors (Lipinski definition) is 4. The molecular weight excluding hydrogens is 244 g/mol. The third-order valence-corrected chi connectivity index (χ3v) is 2.84. The Balaban J connectivity index is 1.79. The lowest BCUT2D eigenvalue weighted by molar-refractivity contribution is 0.105. The first-order chi connectivity index (χ1) is 9.28. The predicted octanol–water partition coefficient (Wildman–Crippen LogP) is 1.67. The lowest BCUT2D eigenvalue weighted by Crippen LogP contribution is -2.22. The van der Waals surface area contributed by atoms with Crippen LogP contribution in [0, 0.1) is 0 Å². The molecule has 1 aliphatic heterocycles. The van der Waals surface area contributed by atoms with Crippen LogP contribution in [-0.4, -0.2) is 31.9 Å². The molecular formula is C14H20N2O3. The number of amides is 1. The van der Waals surface area contributed by atoms with Crippen molar-refractivity contribution in [3.05, 3.63) is 29.8 Å². The van der Waals surface area contributed by atoms with E-state index in [0.717, 1.165) is 25.3 Å². The molecule has 19 heavy (non-hydrogen) atoms. The van der Waals surface area contributed by atoms with Gasteiger partial charge in [-0.25, -0.2) is 4.79 Å². The number of ether oxygens (including phenoxy) is 2. The van der Waals surface area contributed by atoms with Crippen LogP contribution in [0.5, 0.6) is 5.75 Å². The molecule has 1 aromatic rings. The van der Waals surface area contributed by atoms with E-state index in [1.165, 1.54) is 5.56 Å². The molecule has 104 valence electrons. The second-order valence-electron chi connectivity index (χ2n) is 4.54. The molecule has 1 saturated heterocycles. The van der Waals surface area contributed by atoms with Crippen molar-refractivity contribution in [2.24, 2.45) is 0 Å². The molecule has 1 fully saturated rings. The van der Waals surface area contributed by atoms with E-state index in [4.69, 9.17) is 9.47 Å². The van der Waals surface area contributed by atoms with Crippen molar-refractivity contribution < 1.29 is 14.3 Å². The average molecular weight is 264 g/mol. The molecule has 1 atom stereocenters. The van der Waals surface area contributed by atoms with Crippen molar-refractivity contribution in [2.75, 3.05) is 19.7 Å². The number of carbonyl (C=O) groups is 1. The Bertz CT molecular complexity index is 423. The van der Waals surface area contributed by atoms with Gasteiger partial charge in [0, 0.05) is 6.54 Å². The molecule has 5 heteroatoms. The van der Waals surface area contributed by atoms with Crippen molar-refractivity contribution >= 4 is 6.09 Å². The summed E-state index contributed by atoms with van der Waals surface area (Å²) in [7, 11) is 0. The van der Waals surface area contributed by atoms with Crippen molar-refractivity contribution in [1.29, 1.82) is 0 Å². The van der Waals surface area contributed by atoms with Gasteiger partial charge in [0.05, 0.1) is 6.54 Å². The minimum Gasteiger partial charge on any atom is -0.490 e. The van der Waals surface area contributed by atoms with Gasteiger partial charge < -0.3 is 20.1 Å². The fourth-order valence-electron chi connectivity index (χ4n) is 1.87. The number of nitrogens with one attached hydrogen (secondary N) is 2. The normalized spacial score (nSPS) is 17.9. The Labute approximate surface area is 113 Å². The highest BCUT2D eigenvalue weighted by Crippen LogP contribution is 2.14. The Hall–Kier alpha value is -1.75. The van der Waals surface area contributed by atoms with Gasteiger partial charge >= 0.3 is 6.09 Å². The number of hydrogen-bond donors (Lipinski definition) is 2. The third-order valence-electron chi connectivity index (χ3n) is 2.84. The lowest BCUT2D eigenvalue weighted by atomic mass is 10.2. The van der Waals surface area contributed by atoms with Crippen molar-refractivity contribution in [1.82, 2.24) is 10.6 Å². The summed E-state index contributed by atoms with van der Waals surface area (Å²) in [5.74, 6) is 0.804. The van der Waals surface area contributed by atoms with Crippen LogP contribution in [0.3, 0.4) is 0 Å². The Kier molecular flexibility index (Phi) is 5.03. The van der Waals surface area contributed by atoms with E-state index in [2.05, 4.69) is 23.6 Å². The minimum atomic E-state index is -0.369. The number of alkyl carbamates (subject to hydrolysis) is 1. The van der Waals surface area contributed by atoms with Gasteiger partial charge in [-0.15, -0.1) is 0 Å². The zero-order chi connectivity index (χ0) is 13.5. The molecule has 0 saturated carbocycles. The van der Waals surface area contributed by atoms with E-state index in [1.54, 1.807) is 0 Å². The van der Waals surface area contributed by atoms with Crippen LogP contribution in [0.1, 0.15) is 18.9 Å². The third kappa shape index (κ3) is 4.44. The Morgan fingerprint density at radius 2 is 2.42 bits per heavy atom. The fraction of sp³-hybridized carbons (Fsp3) is 0.500. The molecule has 0 aliphatic carbocycles. The summed E-state index contributed by atoms with van der Waals surface area (Å²) in [6.07, 6.45) is 0.552. The van der Waals surface area contributed by atoms with Crippen LogP contribution in [0.25, 0.3) is 0 Å². The van der Waals surface area contributed by atoms with Gasteiger partial charge in [0.15, 0.2) is 6.10 Å². The summed E-state index contributed by atoms with van der Waals surface area (Å²) in [6, 6.07) is 7.95. The Morgan fingerprint density at radius 1 is 1.53 bits per heavy atom. The van der Waals surface area contributed by atoms with Gasteiger partial charge in [-0.05, 0) is 30.7 Å². The zero-order valence-electron chi connectivity index (χ0n) is 11.1. The first kappa shape index (κ1) is 13.7. The molecule has 2 N–H and O–H groups in total. The molecule has 2 rings (SSSR count). The van der Waals surface area contributed by atoms with Gasteiger partial charge in [0.2, 0.25) is 0 Å². The SMILES string of the molecule is CCCNCc1cccc(OCC2CNC(=O)O2)c1. The van der Waals surface area contributed by atoms with Gasteiger partial charge in [0.25, 0.3) is 0 Å². The highest BCUT2D eigenvalue weighted by Gasteiger charge is 2.22. The van der Waals surface area contributed by atoms with Crippen LogP contribution < -0.4 is 15.4 Å². The van der Waals surface area contributed by atoms with E-state index < -0.39 is 0 Å². The molecule has 0 bridgehead atoms. The standard InChI is InChI=1S/C14H20N2O3/c1-2-6-15-8-11-4-3-5-12(7-11)18-10-13-9-16-14(17)19-13/h3-5,7,13,15H,2,6,8-10H2,1H3,(H,16,17). The summed E-state index contributed by atoms with van der Waals surface area (Å²) in [4.78, 5) is 10.9. The number of carbonyl (C=O) groups excluding carboxylic acids is 1. The zero-order valence-corrected chi connectivity index (χ0v) is 11.1. The lowest BCUT2D eigenvalue weighted by Gasteiger charge is -2.11. The van der Waals surface area contributed by atoms with Gasteiger partial charge in [-0.2, -0.15) is 0 Å². The summed E-state index contributed by atoms with van der Waals surface area (Å²) >= 11 is 0. The van der Waals surface area contributed by atoms with Crippen LogP contribution >= 0.6 is 0 Å². The fourth-order valence-corrected chi connectivity index (χ4v) is 1.87. The quantitative estimate of drug-likeness (QED) is 0.736. The maximum Gasteiger partial charge on any atom is 0.407 e. The molecule has 1 aliphatic rings. The Morgan fingerprint density at radius 3 is 3.16 bits per heavy atom. The highest BCUT2D eigenvalue weighted by molar-refractivity contribution is 5.69. The highest BCUT2D eigenvalue weighted by atomic mass is 16.6. The van der Waals surface area contributed by atoms with Gasteiger partial charge in [0.1, 0.15) is 12.4 Å². The monoisotopic (exact) mass is 264 g/mol. The average Bonchev–Trinajstić information content (AvgIpc) is 2.83. The van der Waals surface area contributed by atoms with E-state index in [9.17, 15) is 4.79 Å². The summed E-state index contributed by atoms with van der Waals surface area (Å²) in [6.45, 7) is 4.88. The maximum absolute atomic E-state index is 10.9. The first-order valence-corrected chi connectivity index (χ1v) is 6.65. The van der Waals surface area contributed by atoms with Crippen molar-refractivity contribution in [2.45, 2.75) is 26.0 Å². The number of rotatable bonds is 7. The van der Waals surface area contributed by atoms with Gasteiger partial charge in [-0.1, -0.05) is 19.1 Å². The molecule has 0 radical (unpaired) electrons. The molecule has 1 amide bonds. The topological polar surface area (TPSA) is 59.6 Å².